The Morgan fingerprint density at radius 2 is 1.96 bits per heavy atom. The lowest BCUT2D eigenvalue weighted by Gasteiger charge is -2.12. The maximum absolute atomic E-state index is 12.1. The van der Waals surface area contributed by atoms with E-state index in [0.717, 1.165) is 11.0 Å². The van der Waals surface area contributed by atoms with E-state index in [4.69, 9.17) is 4.74 Å². The van der Waals surface area contributed by atoms with Gasteiger partial charge in [0, 0.05) is 13.1 Å². The average Bonchev–Trinajstić information content (AvgIpc) is 2.96. The molecule has 3 aromatic rings. The van der Waals surface area contributed by atoms with Crippen LogP contribution >= 0.6 is 0 Å². The molecule has 0 unspecified atom stereocenters. The molecule has 0 radical (unpaired) electrons. The van der Waals surface area contributed by atoms with E-state index < -0.39 is 12.0 Å². The van der Waals surface area contributed by atoms with Crippen molar-refractivity contribution in [2.75, 3.05) is 13.7 Å². The van der Waals surface area contributed by atoms with Gasteiger partial charge in [-0.25, -0.2) is 4.79 Å². The van der Waals surface area contributed by atoms with Crippen molar-refractivity contribution in [3.63, 3.8) is 0 Å². The molecular weight excluding hydrogens is 322 g/mol. The number of amides is 1. The third-order valence-electron chi connectivity index (χ3n) is 4.00. The van der Waals surface area contributed by atoms with Crippen LogP contribution in [0.4, 0.5) is 0 Å². The number of aliphatic hydroxyl groups is 1. The first kappa shape index (κ1) is 16.8. The van der Waals surface area contributed by atoms with Gasteiger partial charge < -0.3 is 20.1 Å². The maximum atomic E-state index is 12.1. The number of aromatic amines is 1. The maximum Gasteiger partial charge on any atom is 0.326 e. The van der Waals surface area contributed by atoms with Gasteiger partial charge in [-0.05, 0) is 29.8 Å². The fraction of sp³-hybridized carbons (Fsp3) is 0.222. The lowest BCUT2D eigenvalue weighted by atomic mass is 10.1. The third-order valence-corrected chi connectivity index (χ3v) is 4.00. The van der Waals surface area contributed by atoms with Crippen molar-refractivity contribution < 1.29 is 14.6 Å². The van der Waals surface area contributed by atoms with Gasteiger partial charge in [-0.2, -0.15) is 0 Å². The van der Waals surface area contributed by atoms with Gasteiger partial charge >= 0.3 is 5.69 Å². The number of methoxy groups -OCH3 is 1. The highest BCUT2D eigenvalue weighted by Gasteiger charge is 2.17. The molecule has 0 aliphatic carbocycles. The smallest absolute Gasteiger partial charge is 0.326 e. The molecule has 3 N–H and O–H groups in total. The summed E-state index contributed by atoms with van der Waals surface area (Å²) in [7, 11) is 1.55. The number of nitrogens with one attached hydrogen (secondary N) is 2. The van der Waals surface area contributed by atoms with Gasteiger partial charge in [-0.1, -0.05) is 24.3 Å². The van der Waals surface area contributed by atoms with E-state index in [1.54, 1.807) is 35.9 Å². The minimum atomic E-state index is -1.27. The van der Waals surface area contributed by atoms with E-state index in [-0.39, 0.29) is 12.2 Å². The van der Waals surface area contributed by atoms with Gasteiger partial charge in [-0.15, -0.1) is 0 Å². The highest BCUT2D eigenvalue weighted by atomic mass is 16.5. The number of hydrogen-bond acceptors (Lipinski definition) is 4. The zero-order valence-corrected chi connectivity index (χ0v) is 13.7. The van der Waals surface area contributed by atoms with Crippen LogP contribution in [0.25, 0.3) is 11.0 Å². The number of ether oxygens (including phenoxy) is 1. The summed E-state index contributed by atoms with van der Waals surface area (Å²) in [6.07, 6.45) is -1.27. The number of hydrogen-bond donors (Lipinski definition) is 3. The Kier molecular flexibility index (Phi) is 4.85. The lowest BCUT2D eigenvalue weighted by molar-refractivity contribution is -0.129. The predicted octanol–water partition coefficient (Wildman–Crippen LogP) is 1.19. The van der Waals surface area contributed by atoms with Crippen LogP contribution in [-0.2, 0) is 11.3 Å². The second-order valence-electron chi connectivity index (χ2n) is 5.57. The monoisotopic (exact) mass is 341 g/mol. The summed E-state index contributed by atoms with van der Waals surface area (Å²) in [5, 5.41) is 12.8. The molecule has 0 saturated carbocycles. The number of benzene rings is 2. The molecule has 130 valence electrons. The fourth-order valence-corrected chi connectivity index (χ4v) is 2.65. The highest BCUT2D eigenvalue weighted by Crippen LogP contribution is 2.17. The first-order valence-corrected chi connectivity index (χ1v) is 7.87. The number of fused-ring (bicyclic) bond motifs is 1. The molecule has 0 saturated heterocycles. The number of carbonyl (C=O) groups is 1. The molecule has 2 aromatic carbocycles. The summed E-state index contributed by atoms with van der Waals surface area (Å²) < 4.78 is 6.60. The Morgan fingerprint density at radius 3 is 2.68 bits per heavy atom. The average molecular weight is 341 g/mol. The van der Waals surface area contributed by atoms with Crippen molar-refractivity contribution >= 4 is 16.9 Å². The molecule has 7 nitrogen and oxygen atoms in total. The predicted molar refractivity (Wildman–Crippen MR) is 93.5 cm³/mol. The van der Waals surface area contributed by atoms with Crippen LogP contribution in [0.1, 0.15) is 11.7 Å². The van der Waals surface area contributed by atoms with Gasteiger partial charge in [0.25, 0.3) is 5.91 Å². The number of para-hydroxylation sites is 2. The molecule has 1 aromatic heterocycles. The van der Waals surface area contributed by atoms with Crippen LogP contribution in [0, 0.1) is 0 Å². The Balaban J connectivity index is 1.61. The van der Waals surface area contributed by atoms with Gasteiger partial charge in [0.2, 0.25) is 0 Å². The fourth-order valence-electron chi connectivity index (χ4n) is 2.65. The summed E-state index contributed by atoms with van der Waals surface area (Å²) in [6, 6.07) is 14.0. The van der Waals surface area contributed by atoms with Crippen LogP contribution in [0.3, 0.4) is 0 Å². The van der Waals surface area contributed by atoms with Crippen molar-refractivity contribution in [1.29, 1.82) is 0 Å². The number of imidazole rings is 1. The summed E-state index contributed by atoms with van der Waals surface area (Å²) in [6.45, 7) is 0.539. The number of nitrogens with zero attached hydrogens (tertiary/aromatic N) is 1. The Morgan fingerprint density at radius 1 is 1.24 bits per heavy atom. The van der Waals surface area contributed by atoms with Crippen molar-refractivity contribution in [3.05, 3.63) is 64.6 Å². The second kappa shape index (κ2) is 7.23. The number of carbonyl (C=O) groups excluding carboxylic acids is 1. The number of aromatic nitrogens is 2. The minimum absolute atomic E-state index is 0.230. The summed E-state index contributed by atoms with van der Waals surface area (Å²) in [4.78, 5) is 26.8. The molecule has 0 aliphatic heterocycles. The molecule has 3 rings (SSSR count). The van der Waals surface area contributed by atoms with E-state index in [9.17, 15) is 14.7 Å². The van der Waals surface area contributed by atoms with Crippen LogP contribution < -0.4 is 15.7 Å². The lowest BCUT2D eigenvalue weighted by Crippen LogP contribution is -2.33. The first-order chi connectivity index (χ1) is 12.1. The second-order valence-corrected chi connectivity index (χ2v) is 5.57. The Labute approximate surface area is 143 Å². The zero-order valence-electron chi connectivity index (χ0n) is 13.7. The largest absolute Gasteiger partial charge is 0.497 e. The number of H-pyrrole nitrogens is 1. The zero-order chi connectivity index (χ0) is 17.8. The first-order valence-electron chi connectivity index (χ1n) is 7.87. The van der Waals surface area contributed by atoms with Gasteiger partial charge in [0.05, 0.1) is 18.1 Å². The van der Waals surface area contributed by atoms with Gasteiger partial charge in [0.1, 0.15) is 5.75 Å². The van der Waals surface area contributed by atoms with E-state index in [0.29, 0.717) is 17.9 Å². The molecular formula is C18H19N3O4. The number of aliphatic hydroxyl groups excluding tert-OH is 1. The molecule has 1 heterocycles. The molecule has 0 aliphatic rings. The summed E-state index contributed by atoms with van der Waals surface area (Å²) in [5.41, 5.74) is 1.77. The highest BCUT2D eigenvalue weighted by molar-refractivity contribution is 5.82. The van der Waals surface area contributed by atoms with Crippen molar-refractivity contribution in [1.82, 2.24) is 14.9 Å². The minimum Gasteiger partial charge on any atom is -0.497 e. The molecule has 7 heteroatoms. The van der Waals surface area contributed by atoms with Crippen molar-refractivity contribution in [3.8, 4) is 5.75 Å². The van der Waals surface area contributed by atoms with Crippen molar-refractivity contribution in [2.45, 2.75) is 12.6 Å². The van der Waals surface area contributed by atoms with E-state index in [1.165, 1.54) is 0 Å². The van der Waals surface area contributed by atoms with E-state index in [2.05, 4.69) is 10.3 Å². The number of rotatable bonds is 6. The summed E-state index contributed by atoms with van der Waals surface area (Å²) in [5.74, 6) is 0.133. The van der Waals surface area contributed by atoms with Crippen LogP contribution in [0.5, 0.6) is 5.75 Å². The topological polar surface area (TPSA) is 96.3 Å². The third kappa shape index (κ3) is 3.56. The quantitative estimate of drug-likeness (QED) is 0.627. The molecule has 1 amide bonds. The van der Waals surface area contributed by atoms with Crippen LogP contribution in [-0.4, -0.2) is 34.2 Å². The molecule has 0 bridgehead atoms. The van der Waals surface area contributed by atoms with Crippen LogP contribution in [0.15, 0.2) is 53.3 Å². The van der Waals surface area contributed by atoms with Gasteiger partial charge in [0.15, 0.2) is 6.10 Å². The van der Waals surface area contributed by atoms with Crippen LogP contribution in [0.2, 0.25) is 0 Å². The standard InChI is InChI=1S/C18H19N3O4/c1-25-13-8-6-12(7-9-13)16(22)17(23)19-10-11-21-15-5-3-2-4-14(15)20-18(21)24/h2-9,16,22H,10-11H2,1H3,(H,19,23)(H,20,24)/t16-/m0/s1. The Bertz CT molecular complexity index is 927. The SMILES string of the molecule is COc1ccc([C@H](O)C(=O)NCCn2c(=O)[nH]c3ccccc32)cc1. The molecule has 0 spiro atoms. The van der Waals surface area contributed by atoms with Crippen molar-refractivity contribution in [2.24, 2.45) is 0 Å². The van der Waals surface area contributed by atoms with Gasteiger partial charge in [-0.3, -0.25) is 9.36 Å². The molecule has 0 fully saturated rings. The Hall–Kier alpha value is -3.06. The molecule has 25 heavy (non-hydrogen) atoms. The van der Waals surface area contributed by atoms with E-state index >= 15 is 0 Å². The molecule has 1 atom stereocenters. The summed E-state index contributed by atoms with van der Waals surface area (Å²) >= 11 is 0. The normalized spacial score (nSPS) is 12.1. The van der Waals surface area contributed by atoms with E-state index in [1.807, 2.05) is 24.3 Å².